The first-order chi connectivity index (χ1) is 12.6. The molecule has 0 amide bonds. The van der Waals surface area contributed by atoms with Crippen molar-refractivity contribution < 1.29 is 21.6 Å². The highest BCUT2D eigenvalue weighted by Gasteiger charge is 2.34. The highest BCUT2D eigenvalue weighted by atomic mass is 32.2. The number of nitrogens with one attached hydrogen (secondary N) is 1. The minimum atomic E-state index is -4.53. The average Bonchev–Trinajstić information content (AvgIpc) is 2.98. The van der Waals surface area contributed by atoms with Crippen molar-refractivity contribution in [2.24, 2.45) is 0 Å². The Hall–Kier alpha value is -2.81. The summed E-state index contributed by atoms with van der Waals surface area (Å²) in [5.41, 5.74) is 0.951. The maximum absolute atomic E-state index is 12.8. The first-order valence-corrected chi connectivity index (χ1v) is 9.38. The van der Waals surface area contributed by atoms with Crippen molar-refractivity contribution in [3.63, 3.8) is 0 Å². The van der Waals surface area contributed by atoms with Crippen LogP contribution in [0.3, 0.4) is 0 Å². The molecule has 0 atom stereocenters. The molecule has 0 aliphatic heterocycles. The Kier molecular flexibility index (Phi) is 4.73. The SMILES string of the molecule is Cc1ccc(S(=O)(=O)Nc2ccc(-n3nc(C(F)(F)F)cc3C)cc2)cc1. The lowest BCUT2D eigenvalue weighted by molar-refractivity contribution is -0.141. The van der Waals surface area contributed by atoms with Gasteiger partial charge in [0.05, 0.1) is 10.6 Å². The monoisotopic (exact) mass is 395 g/mol. The molecular weight excluding hydrogens is 379 g/mol. The first-order valence-electron chi connectivity index (χ1n) is 7.90. The van der Waals surface area contributed by atoms with Crippen LogP contribution in [-0.2, 0) is 16.2 Å². The minimum absolute atomic E-state index is 0.120. The Morgan fingerprint density at radius 2 is 1.56 bits per heavy atom. The largest absolute Gasteiger partial charge is 0.435 e. The molecule has 0 saturated heterocycles. The first kappa shape index (κ1) is 19.0. The smallest absolute Gasteiger partial charge is 0.280 e. The second-order valence-corrected chi connectivity index (χ2v) is 7.73. The number of alkyl halides is 3. The minimum Gasteiger partial charge on any atom is -0.280 e. The van der Waals surface area contributed by atoms with Crippen LogP contribution in [0, 0.1) is 13.8 Å². The quantitative estimate of drug-likeness (QED) is 0.716. The van der Waals surface area contributed by atoms with Crippen molar-refractivity contribution in [1.82, 2.24) is 9.78 Å². The van der Waals surface area contributed by atoms with Gasteiger partial charge in [0.1, 0.15) is 0 Å². The van der Waals surface area contributed by atoms with Crippen LogP contribution in [0.1, 0.15) is 17.0 Å². The Balaban J connectivity index is 1.84. The molecule has 3 rings (SSSR count). The Morgan fingerprint density at radius 1 is 0.963 bits per heavy atom. The van der Waals surface area contributed by atoms with Crippen molar-refractivity contribution in [2.75, 3.05) is 4.72 Å². The van der Waals surface area contributed by atoms with E-state index in [1.807, 2.05) is 6.92 Å². The highest BCUT2D eigenvalue weighted by molar-refractivity contribution is 7.92. The summed E-state index contributed by atoms with van der Waals surface area (Å²) in [5.74, 6) is 0. The Bertz CT molecular complexity index is 1050. The van der Waals surface area contributed by atoms with E-state index in [0.717, 1.165) is 16.3 Å². The van der Waals surface area contributed by atoms with Gasteiger partial charge in [-0.05, 0) is 56.3 Å². The average molecular weight is 395 g/mol. The fourth-order valence-corrected chi connectivity index (χ4v) is 3.54. The van der Waals surface area contributed by atoms with Crippen LogP contribution in [0.15, 0.2) is 59.5 Å². The number of rotatable bonds is 4. The molecule has 9 heteroatoms. The van der Waals surface area contributed by atoms with Crippen molar-refractivity contribution in [3.8, 4) is 5.69 Å². The molecule has 0 unspecified atom stereocenters. The van der Waals surface area contributed by atoms with Gasteiger partial charge in [-0.15, -0.1) is 0 Å². The third-order valence-electron chi connectivity index (χ3n) is 3.87. The summed E-state index contributed by atoms with van der Waals surface area (Å²) in [5, 5.41) is 3.56. The van der Waals surface area contributed by atoms with E-state index in [9.17, 15) is 21.6 Å². The highest BCUT2D eigenvalue weighted by Crippen LogP contribution is 2.29. The molecule has 142 valence electrons. The summed E-state index contributed by atoms with van der Waals surface area (Å²) in [4.78, 5) is 0.120. The van der Waals surface area contributed by atoms with Gasteiger partial charge in [0.15, 0.2) is 5.69 Å². The number of aromatic nitrogens is 2. The molecule has 0 aliphatic rings. The van der Waals surface area contributed by atoms with Gasteiger partial charge in [0, 0.05) is 11.4 Å². The van der Waals surface area contributed by atoms with E-state index in [4.69, 9.17) is 0 Å². The predicted octanol–water partition coefficient (Wildman–Crippen LogP) is 4.31. The molecule has 1 heterocycles. The summed E-state index contributed by atoms with van der Waals surface area (Å²) in [6, 6.07) is 13.3. The second-order valence-electron chi connectivity index (χ2n) is 6.05. The third kappa shape index (κ3) is 4.13. The van der Waals surface area contributed by atoms with Crippen molar-refractivity contribution >= 4 is 15.7 Å². The number of halogens is 3. The van der Waals surface area contributed by atoms with Crippen molar-refractivity contribution in [3.05, 3.63) is 71.5 Å². The van der Waals surface area contributed by atoms with Gasteiger partial charge in [0.2, 0.25) is 0 Å². The summed E-state index contributed by atoms with van der Waals surface area (Å²) in [6.45, 7) is 3.36. The van der Waals surface area contributed by atoms with Crippen LogP contribution in [0.2, 0.25) is 0 Å². The van der Waals surface area contributed by atoms with E-state index in [1.165, 1.54) is 43.3 Å². The zero-order valence-electron chi connectivity index (χ0n) is 14.4. The molecular formula is C18H16F3N3O2S. The molecule has 1 aromatic heterocycles. The number of hydrogen-bond donors (Lipinski definition) is 1. The van der Waals surface area contributed by atoms with Crippen LogP contribution in [0.4, 0.5) is 18.9 Å². The van der Waals surface area contributed by atoms with E-state index in [0.29, 0.717) is 17.1 Å². The molecule has 0 bridgehead atoms. The van der Waals surface area contributed by atoms with Gasteiger partial charge in [-0.1, -0.05) is 17.7 Å². The lowest BCUT2D eigenvalue weighted by atomic mass is 10.2. The number of sulfonamides is 1. The fourth-order valence-electron chi connectivity index (χ4n) is 2.48. The number of benzene rings is 2. The lowest BCUT2D eigenvalue weighted by Gasteiger charge is -2.10. The van der Waals surface area contributed by atoms with Crippen LogP contribution in [-0.4, -0.2) is 18.2 Å². The molecule has 0 spiro atoms. The van der Waals surface area contributed by atoms with Crippen molar-refractivity contribution in [2.45, 2.75) is 24.9 Å². The van der Waals surface area contributed by atoms with E-state index < -0.39 is 21.9 Å². The molecule has 0 saturated carbocycles. The van der Waals surface area contributed by atoms with E-state index in [2.05, 4.69) is 9.82 Å². The summed E-state index contributed by atoms with van der Waals surface area (Å²) >= 11 is 0. The summed E-state index contributed by atoms with van der Waals surface area (Å²) in [6.07, 6.45) is -4.53. The normalized spacial score (nSPS) is 12.2. The van der Waals surface area contributed by atoms with Crippen LogP contribution >= 0.6 is 0 Å². The predicted molar refractivity (Wildman–Crippen MR) is 95.3 cm³/mol. The van der Waals surface area contributed by atoms with E-state index in [-0.39, 0.29) is 4.90 Å². The van der Waals surface area contributed by atoms with Gasteiger partial charge in [0.25, 0.3) is 10.0 Å². The molecule has 27 heavy (non-hydrogen) atoms. The third-order valence-corrected chi connectivity index (χ3v) is 5.27. The standard InChI is InChI=1S/C18H16F3N3O2S/c1-12-3-9-16(10-4-12)27(25,26)23-14-5-7-15(8-6-14)24-13(2)11-17(22-24)18(19,20)21/h3-11,23H,1-2H3. The van der Waals surface area contributed by atoms with Gasteiger partial charge >= 0.3 is 6.18 Å². The van der Waals surface area contributed by atoms with Crippen LogP contribution in [0.25, 0.3) is 5.69 Å². The molecule has 0 fully saturated rings. The Labute approximate surface area is 154 Å². The number of anilines is 1. The molecule has 5 nitrogen and oxygen atoms in total. The number of nitrogens with zero attached hydrogens (tertiary/aromatic N) is 2. The molecule has 1 N–H and O–H groups in total. The number of aryl methyl sites for hydroxylation is 2. The lowest BCUT2D eigenvalue weighted by Crippen LogP contribution is -2.13. The van der Waals surface area contributed by atoms with Gasteiger partial charge in [-0.2, -0.15) is 18.3 Å². The molecule has 0 radical (unpaired) electrons. The fraction of sp³-hybridized carbons (Fsp3) is 0.167. The number of hydrogen-bond acceptors (Lipinski definition) is 3. The van der Waals surface area contributed by atoms with Gasteiger partial charge < -0.3 is 0 Å². The topological polar surface area (TPSA) is 64.0 Å². The van der Waals surface area contributed by atoms with E-state index >= 15 is 0 Å². The van der Waals surface area contributed by atoms with Gasteiger partial charge in [-0.3, -0.25) is 4.72 Å². The zero-order valence-corrected chi connectivity index (χ0v) is 15.3. The second kappa shape index (κ2) is 6.73. The maximum atomic E-state index is 12.8. The maximum Gasteiger partial charge on any atom is 0.435 e. The molecule has 2 aromatic carbocycles. The van der Waals surface area contributed by atoms with Crippen LogP contribution < -0.4 is 4.72 Å². The van der Waals surface area contributed by atoms with Gasteiger partial charge in [-0.25, -0.2) is 13.1 Å². The summed E-state index contributed by atoms with van der Waals surface area (Å²) in [7, 11) is -3.75. The zero-order chi connectivity index (χ0) is 19.8. The molecule has 3 aromatic rings. The van der Waals surface area contributed by atoms with Crippen molar-refractivity contribution in [1.29, 1.82) is 0 Å². The molecule has 0 aliphatic carbocycles. The van der Waals surface area contributed by atoms with Crippen LogP contribution in [0.5, 0.6) is 0 Å². The summed E-state index contributed by atoms with van der Waals surface area (Å²) < 4.78 is 66.7. The van der Waals surface area contributed by atoms with E-state index in [1.54, 1.807) is 12.1 Å². The Morgan fingerprint density at radius 3 is 2.07 bits per heavy atom.